The molecule has 1 rings (SSSR count). The van der Waals surface area contributed by atoms with Crippen LogP contribution in [0.4, 0.5) is 5.69 Å². The molecule has 0 aromatic heterocycles. The van der Waals surface area contributed by atoms with Crippen molar-refractivity contribution in [2.24, 2.45) is 0 Å². The molecule has 0 saturated heterocycles. The molecule has 0 aliphatic rings. The van der Waals surface area contributed by atoms with Crippen LogP contribution in [0.15, 0.2) is 23.1 Å². The maximum Gasteiger partial charge on any atom is 0.240 e. The van der Waals surface area contributed by atoms with Gasteiger partial charge in [-0.1, -0.05) is 0 Å². The molecule has 0 saturated carbocycles. The van der Waals surface area contributed by atoms with Crippen LogP contribution in [0.3, 0.4) is 0 Å². The van der Waals surface area contributed by atoms with E-state index in [2.05, 4.69) is 4.72 Å². The van der Waals surface area contributed by atoms with E-state index in [-0.39, 0.29) is 17.5 Å². The van der Waals surface area contributed by atoms with Gasteiger partial charge in [-0.25, -0.2) is 13.1 Å². The third kappa shape index (κ3) is 3.59. The lowest BCUT2D eigenvalue weighted by atomic mass is 10.3. The van der Waals surface area contributed by atoms with Crippen molar-refractivity contribution in [1.82, 2.24) is 4.72 Å². The number of sulfonamides is 1. The van der Waals surface area contributed by atoms with E-state index < -0.39 is 10.0 Å². The number of rotatable bonds is 6. The highest BCUT2D eigenvalue weighted by atomic mass is 32.2. The summed E-state index contributed by atoms with van der Waals surface area (Å²) in [6.45, 7) is 1.97. The molecule has 0 amide bonds. The average Bonchev–Trinajstić information content (AvgIpc) is 2.36. The zero-order chi connectivity index (χ0) is 13.8. The van der Waals surface area contributed by atoms with Gasteiger partial charge in [0.1, 0.15) is 5.75 Å². The second-order valence-corrected chi connectivity index (χ2v) is 5.57. The number of methoxy groups -OCH3 is 2. The fourth-order valence-corrected chi connectivity index (χ4v) is 2.38. The smallest absolute Gasteiger partial charge is 0.240 e. The molecule has 0 aliphatic heterocycles. The van der Waals surface area contributed by atoms with Crippen LogP contribution in [0, 0.1) is 0 Å². The average molecular weight is 274 g/mol. The summed E-state index contributed by atoms with van der Waals surface area (Å²) in [6.07, 6.45) is -0.199. The predicted molar refractivity (Wildman–Crippen MR) is 69.1 cm³/mol. The predicted octanol–water partition coefficient (Wildman–Crippen LogP) is 0.591. The van der Waals surface area contributed by atoms with Gasteiger partial charge in [0.2, 0.25) is 10.0 Å². The minimum atomic E-state index is -3.58. The molecular formula is C11H18N2O4S. The first-order valence-corrected chi connectivity index (χ1v) is 6.85. The van der Waals surface area contributed by atoms with E-state index in [9.17, 15) is 8.42 Å². The Labute approximate surface area is 107 Å². The summed E-state index contributed by atoms with van der Waals surface area (Å²) in [6, 6.07) is 4.31. The van der Waals surface area contributed by atoms with Crippen LogP contribution in [-0.2, 0) is 14.8 Å². The van der Waals surface area contributed by atoms with E-state index in [4.69, 9.17) is 15.2 Å². The van der Waals surface area contributed by atoms with Crippen molar-refractivity contribution in [3.8, 4) is 5.75 Å². The number of nitrogens with one attached hydrogen (secondary N) is 1. The molecule has 0 spiro atoms. The Morgan fingerprint density at radius 3 is 2.61 bits per heavy atom. The maximum absolute atomic E-state index is 12.0. The molecule has 1 aromatic carbocycles. The Balaban J connectivity index is 2.91. The SMILES string of the molecule is COc1cc(S(=O)(=O)NCC(C)OC)ccc1N. The van der Waals surface area contributed by atoms with Crippen molar-refractivity contribution >= 4 is 15.7 Å². The summed E-state index contributed by atoms with van der Waals surface area (Å²) in [7, 11) is -0.628. The quantitative estimate of drug-likeness (QED) is 0.741. The summed E-state index contributed by atoms with van der Waals surface area (Å²) in [5.74, 6) is 0.331. The van der Waals surface area contributed by atoms with Gasteiger partial charge in [0, 0.05) is 19.7 Å². The Kier molecular flexibility index (Phi) is 4.94. The van der Waals surface area contributed by atoms with E-state index in [1.807, 2.05) is 0 Å². The molecule has 102 valence electrons. The zero-order valence-electron chi connectivity index (χ0n) is 10.6. The zero-order valence-corrected chi connectivity index (χ0v) is 11.5. The maximum atomic E-state index is 12.0. The highest BCUT2D eigenvalue weighted by Crippen LogP contribution is 2.24. The Hall–Kier alpha value is -1.31. The minimum Gasteiger partial charge on any atom is -0.495 e. The first-order valence-electron chi connectivity index (χ1n) is 5.36. The van der Waals surface area contributed by atoms with Gasteiger partial charge in [0.05, 0.1) is 23.8 Å². The van der Waals surface area contributed by atoms with Gasteiger partial charge in [-0.2, -0.15) is 0 Å². The van der Waals surface area contributed by atoms with E-state index >= 15 is 0 Å². The summed E-state index contributed by atoms with van der Waals surface area (Å²) >= 11 is 0. The van der Waals surface area contributed by atoms with Crippen molar-refractivity contribution in [2.75, 3.05) is 26.5 Å². The van der Waals surface area contributed by atoms with Crippen LogP contribution in [0.5, 0.6) is 5.75 Å². The molecular weight excluding hydrogens is 256 g/mol. The van der Waals surface area contributed by atoms with Gasteiger partial charge < -0.3 is 15.2 Å². The largest absolute Gasteiger partial charge is 0.495 e. The van der Waals surface area contributed by atoms with Crippen LogP contribution >= 0.6 is 0 Å². The van der Waals surface area contributed by atoms with Crippen LogP contribution in [0.25, 0.3) is 0 Å². The van der Waals surface area contributed by atoms with Crippen molar-refractivity contribution in [2.45, 2.75) is 17.9 Å². The topological polar surface area (TPSA) is 90.7 Å². The number of hydrogen-bond donors (Lipinski definition) is 2. The Bertz CT molecular complexity index is 502. The highest BCUT2D eigenvalue weighted by molar-refractivity contribution is 7.89. The molecule has 3 N–H and O–H groups in total. The molecule has 1 aromatic rings. The van der Waals surface area contributed by atoms with Crippen molar-refractivity contribution in [1.29, 1.82) is 0 Å². The van der Waals surface area contributed by atoms with E-state index in [1.165, 1.54) is 32.4 Å². The molecule has 18 heavy (non-hydrogen) atoms. The number of nitrogen functional groups attached to an aromatic ring is 1. The van der Waals surface area contributed by atoms with Crippen LogP contribution in [0.2, 0.25) is 0 Å². The van der Waals surface area contributed by atoms with Crippen LogP contribution < -0.4 is 15.2 Å². The first-order chi connectivity index (χ1) is 8.40. The van der Waals surface area contributed by atoms with Crippen molar-refractivity contribution < 1.29 is 17.9 Å². The van der Waals surface area contributed by atoms with E-state index in [0.29, 0.717) is 11.4 Å². The van der Waals surface area contributed by atoms with Crippen LogP contribution in [0.1, 0.15) is 6.92 Å². The normalized spacial score (nSPS) is 13.3. The van der Waals surface area contributed by atoms with Gasteiger partial charge in [-0.05, 0) is 19.1 Å². The lowest BCUT2D eigenvalue weighted by molar-refractivity contribution is 0.122. The van der Waals surface area contributed by atoms with Gasteiger partial charge in [0.15, 0.2) is 0 Å². The molecule has 0 bridgehead atoms. The number of hydrogen-bond acceptors (Lipinski definition) is 5. The van der Waals surface area contributed by atoms with Gasteiger partial charge in [-0.3, -0.25) is 0 Å². The number of benzene rings is 1. The lowest BCUT2D eigenvalue weighted by Gasteiger charge is -2.12. The molecule has 0 fully saturated rings. The third-order valence-corrected chi connectivity index (χ3v) is 3.90. The van der Waals surface area contributed by atoms with Gasteiger partial charge >= 0.3 is 0 Å². The van der Waals surface area contributed by atoms with E-state index in [0.717, 1.165) is 0 Å². The summed E-state index contributed by atoms with van der Waals surface area (Å²) in [5.41, 5.74) is 6.02. The standard InChI is InChI=1S/C11H18N2O4S/c1-8(16-2)7-13-18(14,15)9-4-5-10(12)11(6-9)17-3/h4-6,8,13H,7,12H2,1-3H3. The highest BCUT2D eigenvalue weighted by Gasteiger charge is 2.16. The summed E-state index contributed by atoms with van der Waals surface area (Å²) < 4.78 is 36.3. The summed E-state index contributed by atoms with van der Waals surface area (Å²) in [5, 5.41) is 0. The molecule has 0 aliphatic carbocycles. The number of ether oxygens (including phenoxy) is 2. The van der Waals surface area contributed by atoms with Crippen molar-refractivity contribution in [3.63, 3.8) is 0 Å². The van der Waals surface area contributed by atoms with Gasteiger partial charge in [-0.15, -0.1) is 0 Å². The molecule has 1 atom stereocenters. The van der Waals surface area contributed by atoms with Gasteiger partial charge in [0.25, 0.3) is 0 Å². The second-order valence-electron chi connectivity index (χ2n) is 3.80. The first kappa shape index (κ1) is 14.7. The number of anilines is 1. The van der Waals surface area contributed by atoms with Crippen molar-refractivity contribution in [3.05, 3.63) is 18.2 Å². The lowest BCUT2D eigenvalue weighted by Crippen LogP contribution is -2.31. The molecule has 7 heteroatoms. The second kappa shape index (κ2) is 6.03. The fraction of sp³-hybridized carbons (Fsp3) is 0.455. The summed E-state index contributed by atoms with van der Waals surface area (Å²) in [4.78, 5) is 0.108. The fourth-order valence-electron chi connectivity index (χ4n) is 1.25. The van der Waals surface area contributed by atoms with E-state index in [1.54, 1.807) is 6.92 Å². The molecule has 1 unspecified atom stereocenters. The number of nitrogens with two attached hydrogens (primary N) is 1. The molecule has 0 radical (unpaired) electrons. The Morgan fingerprint density at radius 2 is 2.06 bits per heavy atom. The molecule has 6 nitrogen and oxygen atoms in total. The Morgan fingerprint density at radius 1 is 1.39 bits per heavy atom. The van der Waals surface area contributed by atoms with Crippen LogP contribution in [-0.4, -0.2) is 35.3 Å². The molecule has 0 heterocycles. The monoisotopic (exact) mass is 274 g/mol. The third-order valence-electron chi connectivity index (χ3n) is 2.48. The minimum absolute atomic E-state index is 0.108.